The number of amides is 6. The van der Waals surface area contributed by atoms with Crippen LogP contribution in [-0.2, 0) is 49.6 Å². The van der Waals surface area contributed by atoms with Crippen LogP contribution in [0.3, 0.4) is 0 Å². The predicted molar refractivity (Wildman–Crippen MR) is 241 cm³/mol. The minimum Gasteiger partial charge on any atom is -0.508 e. The van der Waals surface area contributed by atoms with E-state index in [1.54, 1.807) is 13.8 Å². The number of Topliss-reactive ketones (excluding diaryl/α,β-unsaturated/α-hetero) is 2. The monoisotopic (exact) mass is 931 g/mol. The number of aromatic hydroxyl groups is 1. The van der Waals surface area contributed by atoms with Crippen LogP contribution in [0, 0.1) is 23.7 Å². The molecule has 1 aromatic rings. The van der Waals surface area contributed by atoms with Crippen molar-refractivity contribution in [2.45, 2.75) is 142 Å². The van der Waals surface area contributed by atoms with E-state index in [0.29, 0.717) is 12.0 Å². The highest BCUT2D eigenvalue weighted by atomic mass is 16.4. The van der Waals surface area contributed by atoms with Gasteiger partial charge in [-0.1, -0.05) is 39.8 Å². The van der Waals surface area contributed by atoms with Crippen molar-refractivity contribution in [3.05, 3.63) is 29.8 Å². The van der Waals surface area contributed by atoms with Crippen molar-refractivity contribution in [1.29, 1.82) is 0 Å². The number of nitrogens with two attached hydrogens (primary N) is 4. The molecular formula is C44H70N10O12. The molecule has 1 aliphatic heterocycles. The standard InChI is InChI=1S/C44H70N10O12/c1-22(2)16-27(40(63)50-24(5)39(46)62)18-34(57)32(13-14-37(60)61)52-41(64)30(23(3)4)20-35(58)38(25(6)55)53-43(66)33(17-26-9-11-29(56)12-10-26)54-21-28(19-36(54)59)51-42(65)31(45)8-7-15-49-44(47)48/h9-12,22-25,27-28,30-33,38,55-56H,7-8,13-21,45H2,1-6H3,(H2,46,62)(H,50,63)(H,51,65)(H,52,64)(H,53,66)(H,60,61)(H4,47,48,49)/t24-,25-,27+,28+,30-,31-,32-,33-,38-/m1/s1. The summed E-state index contributed by atoms with van der Waals surface area (Å²) in [5.74, 6) is -9.64. The van der Waals surface area contributed by atoms with Gasteiger partial charge in [0.2, 0.25) is 35.4 Å². The molecule has 0 spiro atoms. The third-order valence-corrected chi connectivity index (χ3v) is 11.3. The first kappa shape index (κ1) is 56.0. The third kappa shape index (κ3) is 18.7. The second-order valence-electron chi connectivity index (χ2n) is 17.8. The van der Waals surface area contributed by atoms with E-state index in [1.807, 2.05) is 13.8 Å². The van der Waals surface area contributed by atoms with Crippen LogP contribution >= 0.6 is 0 Å². The number of aliphatic carboxylic acids is 1. The summed E-state index contributed by atoms with van der Waals surface area (Å²) in [4.78, 5) is 124. The van der Waals surface area contributed by atoms with Crippen molar-refractivity contribution < 1.29 is 58.5 Å². The molecule has 1 aliphatic rings. The summed E-state index contributed by atoms with van der Waals surface area (Å²) in [5, 5.41) is 40.6. The molecular weight excluding hydrogens is 861 g/mol. The summed E-state index contributed by atoms with van der Waals surface area (Å²) in [6.07, 6.45) is -2.72. The quantitative estimate of drug-likeness (QED) is 0.0246. The van der Waals surface area contributed by atoms with Crippen molar-refractivity contribution >= 4 is 58.9 Å². The number of ketones is 2. The molecule has 22 heteroatoms. The Labute approximate surface area is 384 Å². The Hall–Kier alpha value is -6.16. The van der Waals surface area contributed by atoms with Crippen LogP contribution in [0.2, 0.25) is 0 Å². The van der Waals surface area contributed by atoms with Gasteiger partial charge in [-0.05, 0) is 69.1 Å². The fourth-order valence-corrected chi connectivity index (χ4v) is 7.48. The lowest BCUT2D eigenvalue weighted by Gasteiger charge is -2.31. The Kier molecular flexibility index (Phi) is 22.7. The number of rotatable bonds is 29. The fourth-order valence-electron chi connectivity index (χ4n) is 7.48. The van der Waals surface area contributed by atoms with Gasteiger partial charge in [0.15, 0.2) is 17.5 Å². The van der Waals surface area contributed by atoms with E-state index in [9.17, 15) is 58.5 Å². The number of carbonyl (C=O) groups is 9. The number of nitrogens with one attached hydrogen (secondary N) is 4. The number of likely N-dealkylation sites (tertiary alicyclic amines) is 1. The molecule has 0 radical (unpaired) electrons. The number of carboxylic acid groups (broad SMARTS) is 1. The summed E-state index contributed by atoms with van der Waals surface area (Å²) in [6.45, 7) is 9.68. The van der Waals surface area contributed by atoms with Crippen molar-refractivity contribution in [1.82, 2.24) is 26.2 Å². The molecule has 1 saturated heterocycles. The first-order valence-electron chi connectivity index (χ1n) is 22.1. The summed E-state index contributed by atoms with van der Waals surface area (Å²) in [5.41, 5.74) is 22.6. The number of aliphatic hydroxyl groups is 1. The average Bonchev–Trinajstić information content (AvgIpc) is 3.58. The van der Waals surface area contributed by atoms with Gasteiger partial charge in [0.25, 0.3) is 0 Å². The van der Waals surface area contributed by atoms with Crippen LogP contribution in [0.15, 0.2) is 29.3 Å². The number of nitrogens with zero attached hydrogens (tertiary/aromatic N) is 2. The Morgan fingerprint density at radius 1 is 0.833 bits per heavy atom. The fraction of sp³-hybridized carbons (Fsp3) is 0.636. The van der Waals surface area contributed by atoms with Crippen molar-refractivity contribution in [2.24, 2.45) is 51.6 Å². The number of aliphatic hydroxyl groups excluding tert-OH is 1. The summed E-state index contributed by atoms with van der Waals surface area (Å²) in [7, 11) is 0. The van der Waals surface area contributed by atoms with Crippen LogP contribution in [0.4, 0.5) is 0 Å². The first-order chi connectivity index (χ1) is 30.8. The normalized spacial score (nSPS) is 17.3. The van der Waals surface area contributed by atoms with Gasteiger partial charge >= 0.3 is 5.97 Å². The maximum absolute atomic E-state index is 14.2. The summed E-state index contributed by atoms with van der Waals surface area (Å²) < 4.78 is 0. The second-order valence-corrected chi connectivity index (χ2v) is 17.8. The molecule has 0 saturated carbocycles. The number of carboxylic acids is 1. The molecule has 6 amide bonds. The molecule has 66 heavy (non-hydrogen) atoms. The number of phenols is 1. The highest BCUT2D eigenvalue weighted by Crippen LogP contribution is 2.24. The van der Waals surface area contributed by atoms with Gasteiger partial charge in [-0.3, -0.25) is 48.1 Å². The lowest BCUT2D eigenvalue weighted by atomic mass is 9.86. The molecule has 0 aromatic heterocycles. The Bertz CT molecular complexity index is 1900. The molecule has 1 aromatic carbocycles. The van der Waals surface area contributed by atoms with Crippen molar-refractivity contribution in [3.63, 3.8) is 0 Å². The van der Waals surface area contributed by atoms with Gasteiger partial charge in [-0.15, -0.1) is 0 Å². The van der Waals surface area contributed by atoms with E-state index in [4.69, 9.17) is 22.9 Å². The van der Waals surface area contributed by atoms with E-state index in [0.717, 1.165) is 0 Å². The molecule has 22 nitrogen and oxygen atoms in total. The number of aliphatic imine (C=N–C) groups is 1. The molecule has 0 bridgehead atoms. The number of primary amides is 1. The van der Waals surface area contributed by atoms with Crippen LogP contribution in [0.5, 0.6) is 5.75 Å². The van der Waals surface area contributed by atoms with Crippen molar-refractivity contribution in [3.8, 4) is 5.75 Å². The number of carbonyl (C=O) groups excluding carboxylic acids is 8. The number of benzene rings is 1. The maximum Gasteiger partial charge on any atom is 0.303 e. The number of hydrogen-bond acceptors (Lipinski definition) is 13. The first-order valence-corrected chi connectivity index (χ1v) is 22.1. The van der Waals surface area contributed by atoms with Gasteiger partial charge in [-0.2, -0.15) is 0 Å². The Balaban J connectivity index is 2.33. The van der Waals surface area contributed by atoms with E-state index < -0.39 is 132 Å². The van der Waals surface area contributed by atoms with Gasteiger partial charge in [-0.25, -0.2) is 0 Å². The second kappa shape index (κ2) is 26.7. The largest absolute Gasteiger partial charge is 0.508 e. The maximum atomic E-state index is 14.2. The molecule has 368 valence electrons. The smallest absolute Gasteiger partial charge is 0.303 e. The highest BCUT2D eigenvalue weighted by molar-refractivity contribution is 5.97. The lowest BCUT2D eigenvalue weighted by Crippen LogP contribution is -2.56. The van der Waals surface area contributed by atoms with Crippen LogP contribution in [-0.4, -0.2) is 135 Å². The third-order valence-electron chi connectivity index (χ3n) is 11.3. The van der Waals surface area contributed by atoms with Gasteiger partial charge < -0.3 is 64.4 Å². The zero-order valence-electron chi connectivity index (χ0n) is 38.7. The molecule has 1 heterocycles. The molecule has 0 unspecified atom stereocenters. The van der Waals surface area contributed by atoms with E-state index in [-0.39, 0.29) is 62.8 Å². The molecule has 2 rings (SSSR count). The van der Waals surface area contributed by atoms with Crippen LogP contribution in [0.25, 0.3) is 0 Å². The van der Waals surface area contributed by atoms with Gasteiger partial charge in [0.1, 0.15) is 23.9 Å². The Morgan fingerprint density at radius 3 is 2.02 bits per heavy atom. The number of phenolic OH excluding ortho intramolecular Hbond substituents is 1. The van der Waals surface area contributed by atoms with Gasteiger partial charge in [0, 0.05) is 57.0 Å². The van der Waals surface area contributed by atoms with E-state index in [1.165, 1.54) is 43.0 Å². The minimum atomic E-state index is -1.60. The molecule has 9 atom stereocenters. The predicted octanol–water partition coefficient (Wildman–Crippen LogP) is -1.54. The SMILES string of the molecule is CC(C)C[C@@H](CC(=O)[C@@H](CCC(=O)O)NC(=O)[C@H](CC(=O)[C@H](NC(=O)[C@@H](Cc1ccc(O)cc1)N1C[C@@H](NC(=O)[C@H](N)CCCN=C(N)N)CC1=O)[C@@H](C)O)C(C)C)C(=O)N[C@H](C)C(N)=O. The highest BCUT2D eigenvalue weighted by Gasteiger charge is 2.41. The zero-order valence-corrected chi connectivity index (χ0v) is 38.7. The van der Waals surface area contributed by atoms with Crippen LogP contribution < -0.4 is 44.2 Å². The Morgan fingerprint density at radius 2 is 1.47 bits per heavy atom. The zero-order chi connectivity index (χ0) is 50.0. The van der Waals surface area contributed by atoms with E-state index >= 15 is 0 Å². The molecule has 1 fully saturated rings. The number of hydrogen-bond donors (Lipinski definition) is 11. The average molecular weight is 931 g/mol. The van der Waals surface area contributed by atoms with Crippen molar-refractivity contribution in [2.75, 3.05) is 13.1 Å². The lowest BCUT2D eigenvalue weighted by molar-refractivity contribution is -0.140. The molecule has 15 N–H and O–H groups in total. The summed E-state index contributed by atoms with van der Waals surface area (Å²) >= 11 is 0. The summed E-state index contributed by atoms with van der Waals surface area (Å²) in [6, 6.07) is -1.11. The molecule has 0 aliphatic carbocycles. The topological polar surface area (TPSA) is 382 Å². The van der Waals surface area contributed by atoms with Crippen LogP contribution in [0.1, 0.15) is 98.5 Å². The number of guanidine groups is 1. The minimum absolute atomic E-state index is 0.0510. The van der Waals surface area contributed by atoms with Gasteiger partial charge in [0.05, 0.1) is 24.2 Å². The van der Waals surface area contributed by atoms with E-state index in [2.05, 4.69) is 26.3 Å².